The van der Waals surface area contributed by atoms with Gasteiger partial charge in [-0.3, -0.25) is 0 Å². The van der Waals surface area contributed by atoms with Crippen LogP contribution in [0.15, 0.2) is 12.1 Å². The Labute approximate surface area is 120 Å². The minimum Gasteiger partial charge on any atom is -0.352 e. The lowest BCUT2D eigenvalue weighted by molar-refractivity contribution is 0.887. The molecule has 3 nitrogen and oxygen atoms in total. The maximum absolute atomic E-state index is 6.13. The van der Waals surface area contributed by atoms with Crippen LogP contribution in [0.5, 0.6) is 0 Å². The molecule has 96 valence electrons. The van der Waals surface area contributed by atoms with Crippen molar-refractivity contribution in [3.8, 4) is 0 Å². The van der Waals surface area contributed by atoms with Gasteiger partial charge in [0.2, 0.25) is 0 Å². The van der Waals surface area contributed by atoms with Crippen molar-refractivity contribution in [2.24, 2.45) is 0 Å². The molecule has 2 rings (SSSR count). The number of halogens is 2. The highest BCUT2D eigenvalue weighted by Crippen LogP contribution is 2.26. The second-order valence-electron chi connectivity index (χ2n) is 4.07. The van der Waals surface area contributed by atoms with Gasteiger partial charge in [0.15, 0.2) is 11.0 Å². The predicted octanol–water partition coefficient (Wildman–Crippen LogP) is 4.10. The predicted molar refractivity (Wildman–Crippen MR) is 78.0 cm³/mol. The average Bonchev–Trinajstić information content (AvgIpc) is 2.69. The van der Waals surface area contributed by atoms with E-state index in [-0.39, 0.29) is 0 Å². The van der Waals surface area contributed by atoms with Gasteiger partial charge < -0.3 is 4.90 Å². The van der Waals surface area contributed by atoms with E-state index in [1.165, 1.54) is 4.88 Å². The third-order valence-electron chi connectivity index (χ3n) is 2.63. The van der Waals surface area contributed by atoms with Crippen molar-refractivity contribution in [3.63, 3.8) is 0 Å². The van der Waals surface area contributed by atoms with Gasteiger partial charge in [0, 0.05) is 11.9 Å². The Morgan fingerprint density at radius 1 is 1.17 bits per heavy atom. The quantitative estimate of drug-likeness (QED) is 0.855. The maximum atomic E-state index is 6.13. The molecule has 2 aromatic rings. The topological polar surface area (TPSA) is 29.0 Å². The number of rotatable bonds is 3. The molecule has 0 aliphatic carbocycles. The van der Waals surface area contributed by atoms with Gasteiger partial charge in [-0.2, -0.15) is 0 Å². The number of nitrogens with zero attached hydrogens (tertiary/aromatic N) is 3. The molecule has 2 heterocycles. The lowest BCUT2D eigenvalue weighted by atomic mass is 10.3. The largest absolute Gasteiger partial charge is 0.352 e. The van der Waals surface area contributed by atoms with Crippen LogP contribution in [0.3, 0.4) is 0 Å². The first-order valence-corrected chi connectivity index (χ1v) is 7.00. The van der Waals surface area contributed by atoms with E-state index in [0.717, 1.165) is 15.7 Å². The summed E-state index contributed by atoms with van der Waals surface area (Å²) in [7, 11) is 1.94. The van der Waals surface area contributed by atoms with Gasteiger partial charge in [-0.15, -0.1) is 11.3 Å². The summed E-state index contributed by atoms with van der Waals surface area (Å²) in [5.74, 6) is 0.698. The zero-order valence-electron chi connectivity index (χ0n) is 10.4. The molecule has 0 bridgehead atoms. The third kappa shape index (κ3) is 2.94. The Balaban J connectivity index is 2.23. The molecule has 0 saturated carbocycles. The molecule has 18 heavy (non-hydrogen) atoms. The van der Waals surface area contributed by atoms with Gasteiger partial charge in [-0.1, -0.05) is 23.2 Å². The number of hydrogen-bond donors (Lipinski definition) is 0. The molecule has 0 fully saturated rings. The standard InChI is InChI=1S/C12H13Cl2N3S/c1-7-8(2)16-12(11(14)15-7)17(3)6-9-4-5-10(13)18-9/h4-5H,6H2,1-3H3. The first-order valence-electron chi connectivity index (χ1n) is 5.43. The molecule has 0 aliphatic heterocycles. The lowest BCUT2D eigenvalue weighted by Crippen LogP contribution is -2.18. The number of aromatic nitrogens is 2. The van der Waals surface area contributed by atoms with E-state index in [4.69, 9.17) is 23.2 Å². The molecule has 0 N–H and O–H groups in total. The molecule has 0 radical (unpaired) electrons. The highest BCUT2D eigenvalue weighted by atomic mass is 35.5. The van der Waals surface area contributed by atoms with Crippen molar-refractivity contribution in [2.45, 2.75) is 20.4 Å². The molecule has 0 aromatic carbocycles. The fourth-order valence-electron chi connectivity index (χ4n) is 1.55. The van der Waals surface area contributed by atoms with Gasteiger partial charge in [-0.25, -0.2) is 9.97 Å². The monoisotopic (exact) mass is 301 g/mol. The smallest absolute Gasteiger partial charge is 0.171 e. The summed E-state index contributed by atoms with van der Waals surface area (Å²) in [6.07, 6.45) is 0. The molecular weight excluding hydrogens is 289 g/mol. The van der Waals surface area contributed by atoms with Crippen LogP contribution >= 0.6 is 34.5 Å². The summed E-state index contributed by atoms with van der Waals surface area (Å²) in [4.78, 5) is 11.9. The van der Waals surface area contributed by atoms with Crippen molar-refractivity contribution < 1.29 is 0 Å². The molecular formula is C12H13Cl2N3S. The molecule has 0 aliphatic rings. The van der Waals surface area contributed by atoms with E-state index in [1.54, 1.807) is 11.3 Å². The Morgan fingerprint density at radius 2 is 1.83 bits per heavy atom. The van der Waals surface area contributed by atoms with Crippen LogP contribution in [0.4, 0.5) is 5.82 Å². The number of thiophene rings is 1. The highest BCUT2D eigenvalue weighted by Gasteiger charge is 2.12. The van der Waals surface area contributed by atoms with E-state index < -0.39 is 0 Å². The van der Waals surface area contributed by atoms with E-state index in [2.05, 4.69) is 9.97 Å². The number of aryl methyl sites for hydroxylation is 2. The van der Waals surface area contributed by atoms with Gasteiger partial charge in [0.25, 0.3) is 0 Å². The minimum atomic E-state index is 0.434. The summed E-state index contributed by atoms with van der Waals surface area (Å²) in [6.45, 7) is 4.54. The normalized spacial score (nSPS) is 10.7. The van der Waals surface area contributed by atoms with Crippen molar-refractivity contribution in [1.29, 1.82) is 0 Å². The van der Waals surface area contributed by atoms with Gasteiger partial charge >= 0.3 is 0 Å². The van der Waals surface area contributed by atoms with E-state index in [1.807, 2.05) is 37.9 Å². The van der Waals surface area contributed by atoms with Crippen LogP contribution in [0.2, 0.25) is 9.49 Å². The second-order valence-corrected chi connectivity index (χ2v) is 6.23. The molecule has 0 unspecified atom stereocenters. The average molecular weight is 302 g/mol. The highest BCUT2D eigenvalue weighted by molar-refractivity contribution is 7.16. The maximum Gasteiger partial charge on any atom is 0.171 e. The fourth-order valence-corrected chi connectivity index (χ4v) is 3.01. The van der Waals surface area contributed by atoms with Gasteiger partial charge in [-0.05, 0) is 26.0 Å². The fraction of sp³-hybridized carbons (Fsp3) is 0.333. The van der Waals surface area contributed by atoms with Crippen molar-refractivity contribution in [2.75, 3.05) is 11.9 Å². The van der Waals surface area contributed by atoms with Crippen LogP contribution in [-0.2, 0) is 6.54 Å². The molecule has 0 amide bonds. The lowest BCUT2D eigenvalue weighted by Gasteiger charge is -2.19. The van der Waals surface area contributed by atoms with Crippen LogP contribution in [0, 0.1) is 13.8 Å². The Kier molecular flexibility index (Phi) is 4.10. The van der Waals surface area contributed by atoms with Crippen LogP contribution in [0.25, 0.3) is 0 Å². The van der Waals surface area contributed by atoms with Gasteiger partial charge in [0.1, 0.15) is 0 Å². The van der Waals surface area contributed by atoms with Crippen molar-refractivity contribution in [3.05, 3.63) is 37.9 Å². The zero-order valence-corrected chi connectivity index (χ0v) is 12.7. The summed E-state index contributed by atoms with van der Waals surface area (Å²) in [6, 6.07) is 3.90. The zero-order chi connectivity index (χ0) is 13.3. The van der Waals surface area contributed by atoms with E-state index in [0.29, 0.717) is 17.5 Å². The molecule has 0 atom stereocenters. The van der Waals surface area contributed by atoms with Crippen LogP contribution in [-0.4, -0.2) is 17.0 Å². The van der Waals surface area contributed by atoms with Crippen LogP contribution in [0.1, 0.15) is 16.3 Å². The van der Waals surface area contributed by atoms with E-state index in [9.17, 15) is 0 Å². The summed E-state index contributed by atoms with van der Waals surface area (Å²) in [5.41, 5.74) is 1.75. The number of anilines is 1. The molecule has 0 spiro atoms. The SMILES string of the molecule is Cc1nc(Cl)c(N(C)Cc2ccc(Cl)s2)nc1C. The van der Waals surface area contributed by atoms with Gasteiger partial charge in [0.05, 0.1) is 22.3 Å². The molecule has 6 heteroatoms. The van der Waals surface area contributed by atoms with E-state index >= 15 is 0 Å². The summed E-state index contributed by atoms with van der Waals surface area (Å²) >= 11 is 13.6. The summed E-state index contributed by atoms with van der Waals surface area (Å²) < 4.78 is 0.788. The summed E-state index contributed by atoms with van der Waals surface area (Å²) in [5, 5.41) is 0.434. The first-order chi connectivity index (χ1) is 8.47. The minimum absolute atomic E-state index is 0.434. The van der Waals surface area contributed by atoms with Crippen molar-refractivity contribution in [1.82, 2.24) is 9.97 Å². The first kappa shape index (κ1) is 13.6. The molecule has 0 saturated heterocycles. The van der Waals surface area contributed by atoms with Crippen molar-refractivity contribution >= 4 is 40.4 Å². The Hall–Kier alpha value is -0.840. The third-order valence-corrected chi connectivity index (χ3v) is 4.10. The molecule has 2 aromatic heterocycles. The Morgan fingerprint density at radius 3 is 2.44 bits per heavy atom. The number of hydrogen-bond acceptors (Lipinski definition) is 4. The Bertz CT molecular complexity index is 568. The van der Waals surface area contributed by atoms with Crippen LogP contribution < -0.4 is 4.90 Å². The second kappa shape index (κ2) is 5.43.